The second-order valence-corrected chi connectivity index (χ2v) is 4.04. The number of rotatable bonds is 5. The summed E-state index contributed by atoms with van der Waals surface area (Å²) < 4.78 is 18.0. The van der Waals surface area contributed by atoms with Crippen LogP contribution in [0, 0.1) is 18.7 Å². The fourth-order valence-corrected chi connectivity index (χ4v) is 1.70. The number of ketones is 1. The zero-order valence-corrected chi connectivity index (χ0v) is 10.8. The van der Waals surface area contributed by atoms with E-state index < -0.39 is 11.9 Å². The Kier molecular flexibility index (Phi) is 5.01. The van der Waals surface area contributed by atoms with Gasteiger partial charge < -0.3 is 4.74 Å². The molecule has 1 aromatic carbocycles. The van der Waals surface area contributed by atoms with Crippen LogP contribution in [0.5, 0.6) is 0 Å². The van der Waals surface area contributed by atoms with Crippen LogP contribution in [-0.4, -0.2) is 18.4 Å². The van der Waals surface area contributed by atoms with E-state index in [0.717, 1.165) is 0 Å². The average Bonchev–Trinajstić information content (AvgIpc) is 2.33. The van der Waals surface area contributed by atoms with Crippen LogP contribution in [0.25, 0.3) is 0 Å². The summed E-state index contributed by atoms with van der Waals surface area (Å²) >= 11 is 0. The van der Waals surface area contributed by atoms with E-state index in [9.17, 15) is 14.0 Å². The molecule has 1 rings (SSSR count). The van der Waals surface area contributed by atoms with E-state index in [4.69, 9.17) is 4.74 Å². The third-order valence-corrected chi connectivity index (χ3v) is 2.74. The van der Waals surface area contributed by atoms with Crippen molar-refractivity contribution in [2.45, 2.75) is 27.2 Å². The lowest BCUT2D eigenvalue weighted by Crippen LogP contribution is -2.25. The van der Waals surface area contributed by atoms with Gasteiger partial charge in [-0.05, 0) is 44.0 Å². The van der Waals surface area contributed by atoms with Crippen molar-refractivity contribution < 1.29 is 18.7 Å². The number of hydrogen-bond donors (Lipinski definition) is 0. The number of benzene rings is 1. The molecule has 0 aliphatic rings. The Morgan fingerprint density at radius 1 is 1.33 bits per heavy atom. The third kappa shape index (κ3) is 3.15. The molecule has 0 aliphatic heterocycles. The summed E-state index contributed by atoms with van der Waals surface area (Å²) in [6.45, 7) is 5.26. The molecule has 0 bridgehead atoms. The van der Waals surface area contributed by atoms with Gasteiger partial charge in [0.1, 0.15) is 11.7 Å². The minimum atomic E-state index is -0.810. The van der Waals surface area contributed by atoms with Crippen LogP contribution in [0.4, 0.5) is 4.39 Å². The molecule has 0 saturated carbocycles. The Balaban J connectivity index is 2.96. The van der Waals surface area contributed by atoms with Crippen molar-refractivity contribution in [3.63, 3.8) is 0 Å². The van der Waals surface area contributed by atoms with Gasteiger partial charge in [-0.25, -0.2) is 4.39 Å². The Morgan fingerprint density at radius 3 is 2.50 bits per heavy atom. The molecular weight excluding hydrogens is 235 g/mol. The van der Waals surface area contributed by atoms with Gasteiger partial charge in [0, 0.05) is 5.56 Å². The molecule has 0 heterocycles. The van der Waals surface area contributed by atoms with Gasteiger partial charge in [-0.2, -0.15) is 0 Å². The van der Waals surface area contributed by atoms with E-state index in [1.54, 1.807) is 20.8 Å². The maximum absolute atomic E-state index is 13.1. The number of carbonyl (C=O) groups excluding carboxylic acids is 2. The highest BCUT2D eigenvalue weighted by Crippen LogP contribution is 2.17. The monoisotopic (exact) mass is 252 g/mol. The van der Waals surface area contributed by atoms with Crippen LogP contribution in [0.3, 0.4) is 0 Å². The first kappa shape index (κ1) is 14.4. The van der Waals surface area contributed by atoms with Crippen molar-refractivity contribution in [3.05, 3.63) is 35.1 Å². The van der Waals surface area contributed by atoms with Gasteiger partial charge in [0.15, 0.2) is 5.78 Å². The number of esters is 1. The van der Waals surface area contributed by atoms with Gasteiger partial charge in [0.05, 0.1) is 6.61 Å². The lowest BCUT2D eigenvalue weighted by molar-refractivity contribution is -0.146. The molecule has 0 spiro atoms. The van der Waals surface area contributed by atoms with Gasteiger partial charge in [-0.3, -0.25) is 9.59 Å². The predicted octanol–water partition coefficient (Wildman–Crippen LogP) is 2.91. The number of halogens is 1. The normalized spacial score (nSPS) is 12.0. The minimum Gasteiger partial charge on any atom is -0.465 e. The number of hydrogen-bond acceptors (Lipinski definition) is 3. The van der Waals surface area contributed by atoms with Crippen LogP contribution < -0.4 is 0 Å². The molecule has 0 fully saturated rings. The largest absolute Gasteiger partial charge is 0.465 e. The zero-order valence-electron chi connectivity index (χ0n) is 10.8. The number of ether oxygens (including phenoxy) is 1. The first-order valence-electron chi connectivity index (χ1n) is 5.98. The molecule has 18 heavy (non-hydrogen) atoms. The summed E-state index contributed by atoms with van der Waals surface area (Å²) in [5.41, 5.74) is 0.730. The van der Waals surface area contributed by atoms with Crippen LogP contribution >= 0.6 is 0 Å². The second kappa shape index (κ2) is 6.28. The molecule has 0 radical (unpaired) electrons. The SMILES string of the molecule is CCOC(=O)C(CC)C(=O)c1ccc(F)c(C)c1. The summed E-state index contributed by atoms with van der Waals surface area (Å²) in [6.07, 6.45) is 0.369. The number of Topliss-reactive ketones (excluding diaryl/α,β-unsaturated/α-hetero) is 1. The van der Waals surface area contributed by atoms with E-state index >= 15 is 0 Å². The van der Waals surface area contributed by atoms with Crippen molar-refractivity contribution in [1.82, 2.24) is 0 Å². The quantitative estimate of drug-likeness (QED) is 0.460. The minimum absolute atomic E-state index is 0.241. The standard InChI is InChI=1S/C14H17FO3/c1-4-11(14(17)18-5-2)13(16)10-6-7-12(15)9(3)8-10/h6-8,11H,4-5H2,1-3H3. The van der Waals surface area contributed by atoms with Crippen molar-refractivity contribution in [2.24, 2.45) is 5.92 Å². The van der Waals surface area contributed by atoms with Gasteiger partial charge in [-0.1, -0.05) is 6.92 Å². The third-order valence-electron chi connectivity index (χ3n) is 2.74. The smallest absolute Gasteiger partial charge is 0.316 e. The van der Waals surface area contributed by atoms with Gasteiger partial charge in [0.2, 0.25) is 0 Å². The number of aryl methyl sites for hydroxylation is 1. The van der Waals surface area contributed by atoms with Crippen molar-refractivity contribution >= 4 is 11.8 Å². The van der Waals surface area contributed by atoms with E-state index in [1.165, 1.54) is 18.2 Å². The van der Waals surface area contributed by atoms with Crippen LogP contribution in [0.15, 0.2) is 18.2 Å². The molecule has 1 atom stereocenters. The highest BCUT2D eigenvalue weighted by atomic mass is 19.1. The summed E-state index contributed by atoms with van der Waals surface area (Å²) in [5.74, 6) is -2.02. The lowest BCUT2D eigenvalue weighted by atomic mass is 9.94. The van der Waals surface area contributed by atoms with Crippen LogP contribution in [-0.2, 0) is 9.53 Å². The van der Waals surface area contributed by atoms with Crippen molar-refractivity contribution in [3.8, 4) is 0 Å². The Morgan fingerprint density at radius 2 is 2.00 bits per heavy atom. The van der Waals surface area contributed by atoms with E-state index in [1.807, 2.05) is 0 Å². The molecule has 1 aromatic rings. The molecule has 98 valence electrons. The summed E-state index contributed by atoms with van der Waals surface area (Å²) in [7, 11) is 0. The highest BCUT2D eigenvalue weighted by molar-refractivity contribution is 6.08. The predicted molar refractivity (Wildman–Crippen MR) is 65.9 cm³/mol. The topological polar surface area (TPSA) is 43.4 Å². The molecule has 0 N–H and O–H groups in total. The first-order chi connectivity index (χ1) is 8.51. The molecule has 1 unspecified atom stereocenters. The van der Waals surface area contributed by atoms with Gasteiger partial charge in [0.25, 0.3) is 0 Å². The fraction of sp³-hybridized carbons (Fsp3) is 0.429. The Hall–Kier alpha value is -1.71. The molecule has 4 heteroatoms. The molecule has 3 nitrogen and oxygen atoms in total. The molecule has 0 aliphatic carbocycles. The average molecular weight is 252 g/mol. The summed E-state index contributed by atoms with van der Waals surface area (Å²) in [5, 5.41) is 0. The molecular formula is C14H17FO3. The Labute approximate surface area is 106 Å². The number of carbonyl (C=O) groups is 2. The van der Waals surface area contributed by atoms with E-state index in [0.29, 0.717) is 17.5 Å². The van der Waals surface area contributed by atoms with Crippen LogP contribution in [0.1, 0.15) is 36.2 Å². The van der Waals surface area contributed by atoms with E-state index in [2.05, 4.69) is 0 Å². The van der Waals surface area contributed by atoms with Crippen molar-refractivity contribution in [1.29, 1.82) is 0 Å². The zero-order chi connectivity index (χ0) is 13.7. The van der Waals surface area contributed by atoms with Gasteiger partial charge >= 0.3 is 5.97 Å². The lowest BCUT2D eigenvalue weighted by Gasteiger charge is -2.12. The first-order valence-corrected chi connectivity index (χ1v) is 5.98. The highest BCUT2D eigenvalue weighted by Gasteiger charge is 2.27. The molecule has 0 saturated heterocycles. The van der Waals surface area contributed by atoms with E-state index in [-0.39, 0.29) is 18.2 Å². The fourth-order valence-electron chi connectivity index (χ4n) is 1.70. The maximum atomic E-state index is 13.1. The molecule has 0 amide bonds. The summed E-state index contributed by atoms with van der Waals surface area (Å²) in [4.78, 5) is 23.8. The second-order valence-electron chi connectivity index (χ2n) is 4.04. The maximum Gasteiger partial charge on any atom is 0.316 e. The summed E-state index contributed by atoms with van der Waals surface area (Å²) in [6, 6.07) is 4.09. The Bertz CT molecular complexity index is 454. The van der Waals surface area contributed by atoms with Crippen molar-refractivity contribution in [2.75, 3.05) is 6.61 Å². The van der Waals surface area contributed by atoms with Gasteiger partial charge in [-0.15, -0.1) is 0 Å². The molecule has 0 aromatic heterocycles. The van der Waals surface area contributed by atoms with Crippen LogP contribution in [0.2, 0.25) is 0 Å².